The van der Waals surface area contributed by atoms with Crippen molar-refractivity contribution in [1.82, 2.24) is 4.98 Å². The number of ether oxygens (including phenoxy) is 2. The summed E-state index contributed by atoms with van der Waals surface area (Å²) in [6.07, 6.45) is -4.00. The summed E-state index contributed by atoms with van der Waals surface area (Å²) < 4.78 is 35.5. The van der Waals surface area contributed by atoms with Crippen LogP contribution >= 0.6 is 11.3 Å². The molecule has 2 aromatic rings. The highest BCUT2D eigenvalue weighted by molar-refractivity contribution is 7.13. The average molecular weight is 313 g/mol. The van der Waals surface area contributed by atoms with E-state index in [0.29, 0.717) is 0 Å². The molecule has 0 N–H and O–H groups in total. The van der Waals surface area contributed by atoms with Crippen molar-refractivity contribution in [2.24, 2.45) is 0 Å². The number of carbonyl (C=O) groups excluding carboxylic acids is 1. The lowest BCUT2D eigenvalue weighted by Crippen LogP contribution is -2.36. The highest BCUT2D eigenvalue weighted by Gasteiger charge is 2.44. The quantitative estimate of drug-likeness (QED) is 0.791. The van der Waals surface area contributed by atoms with Gasteiger partial charge in [-0.2, -0.15) is 8.78 Å². The van der Waals surface area contributed by atoms with E-state index in [1.807, 2.05) is 12.3 Å². The highest BCUT2D eigenvalue weighted by atomic mass is 32.1. The molecular formula is C14H13F2NO3S. The molecule has 0 amide bonds. The van der Waals surface area contributed by atoms with Crippen LogP contribution in [-0.4, -0.2) is 23.7 Å². The standard InChI is InChI=1S/C14H13F2NO3S/c1-3-19-13(18)14(15,16)20-11-6-4-10(5-7-11)12-17-9(2)8-21-12/h4-8H,3H2,1-2H3. The van der Waals surface area contributed by atoms with Gasteiger partial charge in [-0.1, -0.05) is 0 Å². The minimum Gasteiger partial charge on any atom is -0.459 e. The number of rotatable bonds is 5. The summed E-state index contributed by atoms with van der Waals surface area (Å²) in [5, 5.41) is 2.69. The summed E-state index contributed by atoms with van der Waals surface area (Å²) in [4.78, 5) is 15.3. The second-order valence-corrected chi connectivity index (χ2v) is 5.02. The van der Waals surface area contributed by atoms with Crippen molar-refractivity contribution >= 4 is 17.3 Å². The third-order valence-corrected chi connectivity index (χ3v) is 3.49. The van der Waals surface area contributed by atoms with E-state index in [9.17, 15) is 13.6 Å². The molecule has 0 fully saturated rings. The van der Waals surface area contributed by atoms with Crippen LogP contribution in [0.5, 0.6) is 5.75 Å². The third-order valence-electron chi connectivity index (χ3n) is 2.48. The van der Waals surface area contributed by atoms with Crippen LogP contribution in [0.4, 0.5) is 8.78 Å². The van der Waals surface area contributed by atoms with Gasteiger partial charge < -0.3 is 9.47 Å². The molecule has 0 saturated heterocycles. The zero-order valence-electron chi connectivity index (χ0n) is 11.4. The van der Waals surface area contributed by atoms with Gasteiger partial charge in [0.2, 0.25) is 0 Å². The number of hydrogen-bond donors (Lipinski definition) is 0. The number of nitrogens with zero attached hydrogens (tertiary/aromatic N) is 1. The van der Waals surface area contributed by atoms with Crippen LogP contribution in [0.1, 0.15) is 12.6 Å². The second-order valence-electron chi connectivity index (χ2n) is 4.16. The predicted molar refractivity (Wildman–Crippen MR) is 74.5 cm³/mol. The van der Waals surface area contributed by atoms with Crippen molar-refractivity contribution in [3.8, 4) is 16.3 Å². The number of hydrogen-bond acceptors (Lipinski definition) is 5. The lowest BCUT2D eigenvalue weighted by molar-refractivity contribution is -0.216. The van der Waals surface area contributed by atoms with E-state index in [0.717, 1.165) is 16.3 Å². The van der Waals surface area contributed by atoms with E-state index in [2.05, 4.69) is 14.5 Å². The molecule has 0 aliphatic heterocycles. The van der Waals surface area contributed by atoms with Gasteiger partial charge in [0.05, 0.1) is 6.61 Å². The van der Waals surface area contributed by atoms with Gasteiger partial charge in [-0.3, -0.25) is 0 Å². The van der Waals surface area contributed by atoms with Gasteiger partial charge in [-0.05, 0) is 38.1 Å². The van der Waals surface area contributed by atoms with Crippen LogP contribution in [-0.2, 0) is 9.53 Å². The molecule has 7 heteroatoms. The van der Waals surface area contributed by atoms with Crippen LogP contribution in [0.25, 0.3) is 10.6 Å². The molecular weight excluding hydrogens is 300 g/mol. The normalized spacial score (nSPS) is 11.2. The summed E-state index contributed by atoms with van der Waals surface area (Å²) in [5.41, 5.74) is 1.68. The number of carbonyl (C=O) groups is 1. The topological polar surface area (TPSA) is 48.4 Å². The fourth-order valence-corrected chi connectivity index (χ4v) is 2.36. The van der Waals surface area contributed by atoms with Crippen molar-refractivity contribution < 1.29 is 23.0 Å². The van der Waals surface area contributed by atoms with Gasteiger partial charge in [-0.15, -0.1) is 11.3 Å². The Balaban J connectivity index is 2.10. The lowest BCUT2D eigenvalue weighted by atomic mass is 10.2. The summed E-state index contributed by atoms with van der Waals surface area (Å²) in [5.74, 6) is -1.82. The molecule has 1 aromatic carbocycles. The molecule has 0 aliphatic carbocycles. The fraction of sp³-hybridized carbons (Fsp3) is 0.286. The summed E-state index contributed by atoms with van der Waals surface area (Å²) in [6.45, 7) is 3.18. The fourth-order valence-electron chi connectivity index (χ4n) is 1.56. The number of benzene rings is 1. The van der Waals surface area contributed by atoms with Crippen molar-refractivity contribution in [2.45, 2.75) is 20.0 Å². The van der Waals surface area contributed by atoms with Gasteiger partial charge in [0.1, 0.15) is 10.8 Å². The van der Waals surface area contributed by atoms with Gasteiger partial charge in [0, 0.05) is 16.6 Å². The van der Waals surface area contributed by atoms with E-state index in [1.165, 1.54) is 30.4 Å². The Morgan fingerprint density at radius 1 is 1.33 bits per heavy atom. The summed E-state index contributed by atoms with van der Waals surface area (Å²) in [7, 11) is 0. The van der Waals surface area contributed by atoms with E-state index in [1.54, 1.807) is 12.1 Å². The van der Waals surface area contributed by atoms with Crippen LogP contribution < -0.4 is 4.74 Å². The zero-order chi connectivity index (χ0) is 15.5. The van der Waals surface area contributed by atoms with E-state index in [4.69, 9.17) is 0 Å². The number of thiazole rings is 1. The van der Waals surface area contributed by atoms with Crippen LogP contribution in [0, 0.1) is 6.92 Å². The maximum absolute atomic E-state index is 13.4. The van der Waals surface area contributed by atoms with Crippen LogP contribution in [0.15, 0.2) is 29.6 Å². The first-order valence-corrected chi connectivity index (χ1v) is 7.07. The van der Waals surface area contributed by atoms with E-state index >= 15 is 0 Å². The zero-order valence-corrected chi connectivity index (χ0v) is 12.2. The number of esters is 1. The van der Waals surface area contributed by atoms with Crippen molar-refractivity contribution in [1.29, 1.82) is 0 Å². The molecule has 1 aromatic heterocycles. The number of halogens is 2. The maximum Gasteiger partial charge on any atom is 0.502 e. The Morgan fingerprint density at radius 3 is 2.52 bits per heavy atom. The van der Waals surface area contributed by atoms with Crippen LogP contribution in [0.3, 0.4) is 0 Å². The monoisotopic (exact) mass is 313 g/mol. The van der Waals surface area contributed by atoms with Crippen molar-refractivity contribution in [2.75, 3.05) is 6.61 Å². The van der Waals surface area contributed by atoms with Gasteiger partial charge in [0.25, 0.3) is 0 Å². The maximum atomic E-state index is 13.4. The van der Waals surface area contributed by atoms with Gasteiger partial charge in [0.15, 0.2) is 0 Å². The minimum atomic E-state index is -4.00. The lowest BCUT2D eigenvalue weighted by Gasteiger charge is -2.15. The average Bonchev–Trinajstić information content (AvgIpc) is 2.86. The molecule has 0 atom stereocenters. The van der Waals surface area contributed by atoms with Crippen LogP contribution in [0.2, 0.25) is 0 Å². The Labute approximate surface area is 124 Å². The van der Waals surface area contributed by atoms with E-state index in [-0.39, 0.29) is 12.4 Å². The molecule has 0 saturated carbocycles. The van der Waals surface area contributed by atoms with E-state index < -0.39 is 12.1 Å². The smallest absolute Gasteiger partial charge is 0.459 e. The molecule has 0 unspecified atom stereocenters. The predicted octanol–water partition coefficient (Wildman–Crippen LogP) is 3.65. The second kappa shape index (κ2) is 6.17. The highest BCUT2D eigenvalue weighted by Crippen LogP contribution is 2.28. The summed E-state index contributed by atoms with van der Waals surface area (Å²) in [6, 6.07) is 5.93. The Bertz CT molecular complexity index is 625. The molecule has 4 nitrogen and oxygen atoms in total. The Morgan fingerprint density at radius 2 is 2.00 bits per heavy atom. The third kappa shape index (κ3) is 3.75. The SMILES string of the molecule is CCOC(=O)C(F)(F)Oc1ccc(-c2nc(C)cs2)cc1. The first kappa shape index (κ1) is 15.4. The molecule has 112 valence electrons. The molecule has 21 heavy (non-hydrogen) atoms. The molecule has 2 rings (SSSR count). The largest absolute Gasteiger partial charge is 0.502 e. The number of aromatic nitrogens is 1. The first-order valence-electron chi connectivity index (χ1n) is 6.19. The Hall–Kier alpha value is -2.02. The number of aryl methyl sites for hydroxylation is 1. The summed E-state index contributed by atoms with van der Waals surface area (Å²) >= 11 is 1.46. The first-order chi connectivity index (χ1) is 9.92. The molecule has 1 heterocycles. The van der Waals surface area contributed by atoms with Gasteiger partial charge >= 0.3 is 12.1 Å². The molecule has 0 bridgehead atoms. The molecule has 0 spiro atoms. The minimum absolute atomic E-state index is 0.120. The molecule has 0 radical (unpaired) electrons. The van der Waals surface area contributed by atoms with Crippen molar-refractivity contribution in [3.63, 3.8) is 0 Å². The number of alkyl halides is 2. The van der Waals surface area contributed by atoms with Crippen molar-refractivity contribution in [3.05, 3.63) is 35.3 Å². The van der Waals surface area contributed by atoms with Gasteiger partial charge in [-0.25, -0.2) is 9.78 Å². The Kier molecular flexibility index (Phi) is 4.52. The molecule has 0 aliphatic rings.